The predicted molar refractivity (Wildman–Crippen MR) is 80.0 cm³/mol. The van der Waals surface area contributed by atoms with Gasteiger partial charge in [-0.3, -0.25) is 4.79 Å². The lowest BCUT2D eigenvalue weighted by Crippen LogP contribution is -2.33. The highest BCUT2D eigenvalue weighted by Gasteiger charge is 2.27. The molecular weight excluding hydrogens is 292 g/mol. The van der Waals surface area contributed by atoms with Crippen molar-refractivity contribution in [3.05, 3.63) is 35.9 Å². The average molecular weight is 311 g/mol. The zero-order valence-electron chi connectivity index (χ0n) is 11.8. The molecule has 1 aliphatic rings. The molecule has 1 aliphatic heterocycles. The van der Waals surface area contributed by atoms with Crippen LogP contribution in [0.3, 0.4) is 0 Å². The molecule has 1 heterocycles. The van der Waals surface area contributed by atoms with Crippen LogP contribution >= 0.6 is 11.6 Å². The Kier molecular flexibility index (Phi) is 5.87. The van der Waals surface area contributed by atoms with Crippen molar-refractivity contribution in [3.63, 3.8) is 0 Å². The summed E-state index contributed by atoms with van der Waals surface area (Å²) < 4.78 is 5.29. The van der Waals surface area contributed by atoms with Gasteiger partial charge in [-0.1, -0.05) is 30.3 Å². The second-order valence-corrected chi connectivity index (χ2v) is 5.35. The normalized spacial score (nSPS) is 17.6. The number of nitrogens with one attached hydrogen (secondary N) is 1. The van der Waals surface area contributed by atoms with E-state index in [1.807, 2.05) is 30.3 Å². The topological polar surface area (TPSA) is 58.6 Å². The third kappa shape index (κ3) is 4.93. The van der Waals surface area contributed by atoms with Crippen molar-refractivity contribution < 1.29 is 14.3 Å². The highest BCUT2D eigenvalue weighted by molar-refractivity contribution is 6.27. The SMILES string of the molecule is O=C(CCl)NC[C@H]1CCN(C(=O)OCc2ccccc2)C1. The first-order chi connectivity index (χ1) is 10.2. The van der Waals surface area contributed by atoms with Crippen LogP contribution in [0, 0.1) is 5.92 Å². The highest BCUT2D eigenvalue weighted by Crippen LogP contribution is 2.16. The van der Waals surface area contributed by atoms with E-state index in [0.29, 0.717) is 19.6 Å². The molecule has 5 nitrogen and oxygen atoms in total. The molecule has 6 heteroatoms. The van der Waals surface area contributed by atoms with Crippen LogP contribution < -0.4 is 5.32 Å². The number of hydrogen-bond donors (Lipinski definition) is 1. The number of nitrogens with zero attached hydrogens (tertiary/aromatic N) is 1. The van der Waals surface area contributed by atoms with Crippen molar-refractivity contribution in [1.82, 2.24) is 10.2 Å². The molecule has 1 aromatic rings. The smallest absolute Gasteiger partial charge is 0.410 e. The fraction of sp³-hybridized carbons (Fsp3) is 0.467. The molecule has 1 N–H and O–H groups in total. The zero-order chi connectivity index (χ0) is 15.1. The predicted octanol–water partition coefficient (Wildman–Crippen LogP) is 2.00. The van der Waals surface area contributed by atoms with E-state index >= 15 is 0 Å². The molecule has 1 saturated heterocycles. The van der Waals surface area contributed by atoms with E-state index in [4.69, 9.17) is 16.3 Å². The van der Waals surface area contributed by atoms with Crippen LogP contribution in [0.1, 0.15) is 12.0 Å². The molecule has 0 saturated carbocycles. The van der Waals surface area contributed by atoms with Gasteiger partial charge in [0.2, 0.25) is 5.91 Å². The quantitative estimate of drug-likeness (QED) is 0.846. The second kappa shape index (κ2) is 7.88. The Morgan fingerprint density at radius 2 is 2.10 bits per heavy atom. The van der Waals surface area contributed by atoms with Crippen molar-refractivity contribution in [2.75, 3.05) is 25.5 Å². The number of likely N-dealkylation sites (tertiary alicyclic amines) is 1. The molecule has 114 valence electrons. The van der Waals surface area contributed by atoms with Crippen molar-refractivity contribution >= 4 is 23.6 Å². The van der Waals surface area contributed by atoms with Gasteiger partial charge in [-0.2, -0.15) is 0 Å². The molecule has 0 aromatic heterocycles. The van der Waals surface area contributed by atoms with Crippen LogP contribution in [-0.4, -0.2) is 42.4 Å². The summed E-state index contributed by atoms with van der Waals surface area (Å²) in [6.45, 7) is 2.10. The van der Waals surface area contributed by atoms with Gasteiger partial charge in [0.15, 0.2) is 0 Å². The van der Waals surface area contributed by atoms with Crippen molar-refractivity contribution in [2.45, 2.75) is 13.0 Å². The number of carbonyl (C=O) groups excluding carboxylic acids is 2. The van der Waals surface area contributed by atoms with Gasteiger partial charge in [-0.05, 0) is 17.9 Å². The van der Waals surface area contributed by atoms with Gasteiger partial charge < -0.3 is 15.0 Å². The summed E-state index contributed by atoms with van der Waals surface area (Å²) in [4.78, 5) is 24.7. The summed E-state index contributed by atoms with van der Waals surface area (Å²) in [6.07, 6.45) is 0.563. The van der Waals surface area contributed by atoms with E-state index in [1.54, 1.807) is 4.90 Å². The number of alkyl halides is 1. The van der Waals surface area contributed by atoms with E-state index in [2.05, 4.69) is 5.32 Å². The molecule has 2 rings (SSSR count). The molecule has 1 atom stereocenters. The number of rotatable bonds is 5. The summed E-state index contributed by atoms with van der Waals surface area (Å²) in [5, 5.41) is 2.74. The number of hydrogen-bond acceptors (Lipinski definition) is 3. The summed E-state index contributed by atoms with van der Waals surface area (Å²) in [6, 6.07) is 9.58. The molecule has 0 unspecified atom stereocenters. The van der Waals surface area contributed by atoms with Gasteiger partial charge in [-0.25, -0.2) is 4.79 Å². The zero-order valence-corrected chi connectivity index (χ0v) is 12.5. The number of benzene rings is 1. The van der Waals surface area contributed by atoms with Crippen LogP contribution in [0.25, 0.3) is 0 Å². The summed E-state index contributed by atoms with van der Waals surface area (Å²) in [5.74, 6) is 0.0541. The molecule has 0 radical (unpaired) electrons. The number of halogens is 1. The first-order valence-electron chi connectivity index (χ1n) is 6.97. The second-order valence-electron chi connectivity index (χ2n) is 5.08. The molecule has 0 spiro atoms. The molecule has 1 fully saturated rings. The Hall–Kier alpha value is -1.75. The Morgan fingerprint density at radius 3 is 2.81 bits per heavy atom. The van der Waals surface area contributed by atoms with Gasteiger partial charge in [0.25, 0.3) is 0 Å². The van der Waals surface area contributed by atoms with Crippen LogP contribution in [0.5, 0.6) is 0 Å². The Bertz CT molecular complexity index is 481. The highest BCUT2D eigenvalue weighted by atomic mass is 35.5. The lowest BCUT2D eigenvalue weighted by Gasteiger charge is -2.16. The standard InChI is InChI=1S/C15H19ClN2O3/c16-8-14(19)17-9-13-6-7-18(10-13)15(20)21-11-12-4-2-1-3-5-12/h1-5,13H,6-11H2,(H,17,19)/t13-/m1/s1. The first kappa shape index (κ1) is 15.6. The molecule has 21 heavy (non-hydrogen) atoms. The average Bonchev–Trinajstić information content (AvgIpc) is 3.00. The largest absolute Gasteiger partial charge is 0.445 e. The molecule has 2 amide bonds. The van der Waals surface area contributed by atoms with Crippen LogP contribution in [0.2, 0.25) is 0 Å². The van der Waals surface area contributed by atoms with E-state index < -0.39 is 0 Å². The lowest BCUT2D eigenvalue weighted by molar-refractivity contribution is -0.118. The third-order valence-electron chi connectivity index (χ3n) is 3.46. The molecular formula is C15H19ClN2O3. The van der Waals surface area contributed by atoms with E-state index in [1.165, 1.54) is 0 Å². The third-order valence-corrected chi connectivity index (χ3v) is 3.70. The van der Waals surface area contributed by atoms with Gasteiger partial charge >= 0.3 is 6.09 Å². The molecule has 0 aliphatic carbocycles. The fourth-order valence-electron chi connectivity index (χ4n) is 2.28. The molecule has 1 aromatic carbocycles. The van der Waals surface area contributed by atoms with Gasteiger partial charge in [0.1, 0.15) is 12.5 Å². The maximum Gasteiger partial charge on any atom is 0.410 e. The summed E-state index contributed by atoms with van der Waals surface area (Å²) in [5.41, 5.74) is 0.968. The maximum atomic E-state index is 12.0. The Balaban J connectivity index is 1.71. The number of carbonyl (C=O) groups is 2. The van der Waals surface area contributed by atoms with Crippen molar-refractivity contribution in [1.29, 1.82) is 0 Å². The minimum atomic E-state index is -0.301. The van der Waals surface area contributed by atoms with E-state index in [9.17, 15) is 9.59 Å². The lowest BCUT2D eigenvalue weighted by atomic mass is 10.1. The number of amides is 2. The Labute approximate surface area is 129 Å². The van der Waals surface area contributed by atoms with Crippen LogP contribution in [0.4, 0.5) is 4.79 Å². The number of ether oxygens (including phenoxy) is 1. The van der Waals surface area contributed by atoms with Crippen LogP contribution in [0.15, 0.2) is 30.3 Å². The Morgan fingerprint density at radius 1 is 1.33 bits per heavy atom. The fourth-order valence-corrected chi connectivity index (χ4v) is 2.38. The summed E-state index contributed by atoms with van der Waals surface area (Å²) >= 11 is 5.42. The minimum absolute atomic E-state index is 0.0322. The van der Waals surface area contributed by atoms with E-state index in [-0.39, 0.29) is 30.4 Å². The van der Waals surface area contributed by atoms with Gasteiger partial charge in [0, 0.05) is 19.6 Å². The van der Waals surface area contributed by atoms with E-state index in [0.717, 1.165) is 12.0 Å². The maximum absolute atomic E-state index is 12.0. The molecule has 0 bridgehead atoms. The van der Waals surface area contributed by atoms with Gasteiger partial charge in [0.05, 0.1) is 0 Å². The van der Waals surface area contributed by atoms with Crippen molar-refractivity contribution in [2.24, 2.45) is 5.92 Å². The first-order valence-corrected chi connectivity index (χ1v) is 7.50. The van der Waals surface area contributed by atoms with Crippen molar-refractivity contribution in [3.8, 4) is 0 Å². The van der Waals surface area contributed by atoms with Gasteiger partial charge in [-0.15, -0.1) is 11.6 Å². The van der Waals surface area contributed by atoms with Crippen LogP contribution in [-0.2, 0) is 16.1 Å². The monoisotopic (exact) mass is 310 g/mol. The summed E-state index contributed by atoms with van der Waals surface area (Å²) in [7, 11) is 0. The minimum Gasteiger partial charge on any atom is -0.445 e.